The van der Waals surface area contributed by atoms with Crippen LogP contribution in [0.5, 0.6) is 5.75 Å². The van der Waals surface area contributed by atoms with Crippen molar-refractivity contribution in [1.82, 2.24) is 4.98 Å². The van der Waals surface area contributed by atoms with Gasteiger partial charge >= 0.3 is 0 Å². The third-order valence-corrected chi connectivity index (χ3v) is 2.60. The number of hydrogen-bond acceptors (Lipinski definition) is 3. The molecule has 0 spiro atoms. The van der Waals surface area contributed by atoms with E-state index < -0.39 is 23.3 Å². The van der Waals surface area contributed by atoms with E-state index in [4.69, 9.17) is 4.74 Å². The van der Waals surface area contributed by atoms with Gasteiger partial charge in [-0.3, -0.25) is 4.98 Å². The van der Waals surface area contributed by atoms with Crippen LogP contribution >= 0.6 is 0 Å². The standard InChI is InChI=1S/C13H11F2NO2/c1-18-11-7-16-6-5-8(11)13(17)12-9(14)3-2-4-10(12)15/h2-7,13,17H,1H3. The second-order valence-electron chi connectivity index (χ2n) is 3.66. The Hall–Kier alpha value is -2.01. The molecule has 18 heavy (non-hydrogen) atoms. The zero-order valence-electron chi connectivity index (χ0n) is 9.60. The van der Waals surface area contributed by atoms with Gasteiger partial charge in [-0.25, -0.2) is 8.78 Å². The minimum absolute atomic E-state index is 0.261. The van der Waals surface area contributed by atoms with Crippen LogP contribution in [0.2, 0.25) is 0 Å². The number of pyridine rings is 1. The topological polar surface area (TPSA) is 42.4 Å². The molecule has 0 aliphatic heterocycles. The van der Waals surface area contributed by atoms with Crippen molar-refractivity contribution < 1.29 is 18.6 Å². The second kappa shape index (κ2) is 5.10. The first-order valence-corrected chi connectivity index (χ1v) is 5.25. The Balaban J connectivity index is 2.51. The van der Waals surface area contributed by atoms with Gasteiger partial charge in [0.1, 0.15) is 23.5 Å². The predicted octanol–water partition coefficient (Wildman–Crippen LogP) is 2.45. The van der Waals surface area contributed by atoms with Gasteiger partial charge in [0.05, 0.1) is 18.9 Å². The van der Waals surface area contributed by atoms with Gasteiger partial charge in [-0.05, 0) is 18.2 Å². The third-order valence-electron chi connectivity index (χ3n) is 2.60. The molecule has 0 aliphatic carbocycles. The summed E-state index contributed by atoms with van der Waals surface area (Å²) in [5.41, 5.74) is -0.140. The number of rotatable bonds is 3. The second-order valence-corrected chi connectivity index (χ2v) is 3.66. The average molecular weight is 251 g/mol. The van der Waals surface area contributed by atoms with Crippen molar-refractivity contribution in [2.45, 2.75) is 6.10 Å². The molecule has 0 bridgehead atoms. The summed E-state index contributed by atoms with van der Waals surface area (Å²) in [6, 6.07) is 4.88. The van der Waals surface area contributed by atoms with Crippen LogP contribution in [0.4, 0.5) is 8.78 Å². The summed E-state index contributed by atoms with van der Waals surface area (Å²) in [6.45, 7) is 0. The Morgan fingerprint density at radius 3 is 2.50 bits per heavy atom. The number of benzene rings is 1. The van der Waals surface area contributed by atoms with Crippen LogP contribution in [0.1, 0.15) is 17.2 Å². The Morgan fingerprint density at radius 2 is 1.89 bits per heavy atom. The van der Waals surface area contributed by atoms with E-state index in [1.807, 2.05) is 0 Å². The SMILES string of the molecule is COc1cnccc1C(O)c1c(F)cccc1F. The number of aliphatic hydroxyl groups excluding tert-OH is 1. The molecule has 1 atom stereocenters. The highest BCUT2D eigenvalue weighted by atomic mass is 19.1. The number of hydrogen-bond donors (Lipinski definition) is 1. The Labute approximate surface area is 103 Å². The minimum Gasteiger partial charge on any atom is -0.495 e. The van der Waals surface area contributed by atoms with E-state index >= 15 is 0 Å². The lowest BCUT2D eigenvalue weighted by molar-refractivity contribution is 0.204. The molecule has 0 radical (unpaired) electrons. The van der Waals surface area contributed by atoms with Crippen molar-refractivity contribution >= 4 is 0 Å². The van der Waals surface area contributed by atoms with Crippen LogP contribution in [-0.4, -0.2) is 17.2 Å². The molecule has 0 aliphatic rings. The highest BCUT2D eigenvalue weighted by Gasteiger charge is 2.22. The molecular weight excluding hydrogens is 240 g/mol. The summed E-state index contributed by atoms with van der Waals surface area (Å²) in [6.07, 6.45) is 1.35. The molecule has 94 valence electrons. The molecule has 5 heteroatoms. The summed E-state index contributed by atoms with van der Waals surface area (Å²) < 4.78 is 32.1. The Kier molecular flexibility index (Phi) is 3.53. The average Bonchev–Trinajstić information content (AvgIpc) is 2.38. The van der Waals surface area contributed by atoms with Gasteiger partial charge in [0.2, 0.25) is 0 Å². The van der Waals surface area contributed by atoms with Gasteiger partial charge in [-0.15, -0.1) is 0 Å². The first-order valence-electron chi connectivity index (χ1n) is 5.25. The van der Waals surface area contributed by atoms with Gasteiger partial charge in [-0.1, -0.05) is 6.07 Å². The van der Waals surface area contributed by atoms with Crippen molar-refractivity contribution in [3.8, 4) is 5.75 Å². The Bertz CT molecular complexity index is 540. The predicted molar refractivity (Wildman–Crippen MR) is 61.2 cm³/mol. The summed E-state index contributed by atoms with van der Waals surface area (Å²) in [5.74, 6) is -1.34. The maximum absolute atomic E-state index is 13.6. The van der Waals surface area contributed by atoms with E-state index in [9.17, 15) is 13.9 Å². The normalized spacial score (nSPS) is 12.2. The fourth-order valence-corrected chi connectivity index (χ4v) is 1.71. The quantitative estimate of drug-likeness (QED) is 0.911. The van der Waals surface area contributed by atoms with E-state index in [-0.39, 0.29) is 11.3 Å². The number of aromatic nitrogens is 1. The highest BCUT2D eigenvalue weighted by molar-refractivity contribution is 5.39. The van der Waals surface area contributed by atoms with E-state index in [1.165, 1.54) is 31.6 Å². The molecule has 1 aromatic heterocycles. The fraction of sp³-hybridized carbons (Fsp3) is 0.154. The van der Waals surface area contributed by atoms with Crippen LogP contribution in [0.25, 0.3) is 0 Å². The van der Waals surface area contributed by atoms with Crippen molar-refractivity contribution in [1.29, 1.82) is 0 Å². The lowest BCUT2D eigenvalue weighted by Gasteiger charge is -2.15. The number of nitrogens with zero attached hydrogens (tertiary/aromatic N) is 1. The zero-order valence-corrected chi connectivity index (χ0v) is 9.60. The van der Waals surface area contributed by atoms with Crippen molar-refractivity contribution in [3.63, 3.8) is 0 Å². The van der Waals surface area contributed by atoms with Crippen molar-refractivity contribution in [3.05, 3.63) is 59.4 Å². The molecule has 2 aromatic rings. The largest absolute Gasteiger partial charge is 0.495 e. The van der Waals surface area contributed by atoms with Gasteiger partial charge in [0.15, 0.2) is 0 Å². The Morgan fingerprint density at radius 1 is 1.22 bits per heavy atom. The van der Waals surface area contributed by atoms with E-state index in [1.54, 1.807) is 0 Å². The summed E-state index contributed by atoms with van der Waals surface area (Å²) in [5, 5.41) is 10.1. The van der Waals surface area contributed by atoms with Crippen LogP contribution in [-0.2, 0) is 0 Å². The van der Waals surface area contributed by atoms with Crippen LogP contribution in [0.3, 0.4) is 0 Å². The maximum Gasteiger partial charge on any atom is 0.143 e. The molecule has 1 heterocycles. The monoisotopic (exact) mass is 251 g/mol. The molecule has 0 fully saturated rings. The van der Waals surface area contributed by atoms with Gasteiger partial charge in [0.25, 0.3) is 0 Å². The van der Waals surface area contributed by atoms with E-state index in [2.05, 4.69) is 4.98 Å². The van der Waals surface area contributed by atoms with Crippen LogP contribution < -0.4 is 4.74 Å². The lowest BCUT2D eigenvalue weighted by Crippen LogP contribution is -2.07. The van der Waals surface area contributed by atoms with Crippen LogP contribution in [0, 0.1) is 11.6 Å². The fourth-order valence-electron chi connectivity index (χ4n) is 1.71. The van der Waals surface area contributed by atoms with Crippen LogP contribution in [0.15, 0.2) is 36.7 Å². The third kappa shape index (κ3) is 2.17. The molecule has 0 saturated heterocycles. The molecule has 0 amide bonds. The molecule has 1 N–H and O–H groups in total. The first kappa shape index (κ1) is 12.4. The zero-order chi connectivity index (χ0) is 13.1. The number of aliphatic hydroxyl groups is 1. The summed E-state index contributed by atoms with van der Waals surface area (Å²) in [7, 11) is 1.39. The number of halogens is 2. The van der Waals surface area contributed by atoms with Crippen molar-refractivity contribution in [2.24, 2.45) is 0 Å². The molecule has 2 rings (SSSR count). The minimum atomic E-state index is -1.44. The number of methoxy groups -OCH3 is 1. The number of ether oxygens (including phenoxy) is 1. The molecular formula is C13H11F2NO2. The molecule has 1 unspecified atom stereocenters. The maximum atomic E-state index is 13.6. The van der Waals surface area contributed by atoms with Gasteiger partial charge in [-0.2, -0.15) is 0 Å². The van der Waals surface area contributed by atoms with E-state index in [0.717, 1.165) is 12.1 Å². The molecule has 3 nitrogen and oxygen atoms in total. The summed E-state index contributed by atoms with van der Waals surface area (Å²) in [4.78, 5) is 3.81. The smallest absolute Gasteiger partial charge is 0.143 e. The summed E-state index contributed by atoms with van der Waals surface area (Å²) >= 11 is 0. The van der Waals surface area contributed by atoms with Gasteiger partial charge < -0.3 is 9.84 Å². The molecule has 1 aromatic carbocycles. The molecule has 0 saturated carbocycles. The van der Waals surface area contributed by atoms with Crippen molar-refractivity contribution in [2.75, 3.05) is 7.11 Å². The van der Waals surface area contributed by atoms with E-state index in [0.29, 0.717) is 0 Å². The lowest BCUT2D eigenvalue weighted by atomic mass is 10.0. The highest BCUT2D eigenvalue weighted by Crippen LogP contribution is 2.31. The first-order chi connectivity index (χ1) is 8.65. The van der Waals surface area contributed by atoms with Gasteiger partial charge in [0, 0.05) is 11.8 Å².